The van der Waals surface area contributed by atoms with E-state index in [-0.39, 0.29) is 24.1 Å². The maximum Gasteiger partial charge on any atom is 0.251 e. The van der Waals surface area contributed by atoms with Crippen molar-refractivity contribution in [1.29, 1.82) is 0 Å². The average Bonchev–Trinajstić information content (AvgIpc) is 3.05. The molecule has 1 aliphatic rings. The molecule has 3 rings (SSSR count). The second-order valence-electron chi connectivity index (χ2n) is 6.34. The predicted octanol–water partition coefficient (Wildman–Crippen LogP) is 2.35. The summed E-state index contributed by atoms with van der Waals surface area (Å²) >= 11 is 0. The fourth-order valence-electron chi connectivity index (χ4n) is 3.06. The van der Waals surface area contributed by atoms with Crippen molar-refractivity contribution in [3.63, 3.8) is 0 Å². The van der Waals surface area contributed by atoms with Crippen LogP contribution >= 0.6 is 0 Å². The molecule has 1 fully saturated rings. The quantitative estimate of drug-likeness (QED) is 0.887. The van der Waals surface area contributed by atoms with E-state index in [4.69, 9.17) is 0 Å². The van der Waals surface area contributed by atoms with E-state index in [2.05, 4.69) is 10.6 Å². The minimum absolute atomic E-state index is 0.0527. The van der Waals surface area contributed by atoms with E-state index in [1.165, 1.54) is 0 Å². The maximum atomic E-state index is 12.6. The Kier molecular flexibility index (Phi) is 5.02. The standard InChI is InChI=1S/C20H21N3O3/c1-13-10-14(19(25)21-2)8-9-17(13)22-20(26)15-11-18(24)23(12-15)16-6-4-3-5-7-16/h3-10,15H,11-12H2,1-2H3,(H,21,25)(H,22,26). The summed E-state index contributed by atoms with van der Waals surface area (Å²) < 4.78 is 0. The highest BCUT2D eigenvalue weighted by Gasteiger charge is 2.35. The molecule has 2 aromatic rings. The molecule has 1 atom stereocenters. The van der Waals surface area contributed by atoms with Crippen LogP contribution in [-0.2, 0) is 9.59 Å². The number of nitrogens with one attached hydrogen (secondary N) is 2. The fourth-order valence-corrected chi connectivity index (χ4v) is 3.06. The number of hydrogen-bond donors (Lipinski definition) is 2. The summed E-state index contributed by atoms with van der Waals surface area (Å²) in [5, 5.41) is 5.45. The molecule has 6 nitrogen and oxygen atoms in total. The number of aryl methyl sites for hydroxylation is 1. The molecule has 1 heterocycles. The second-order valence-corrected chi connectivity index (χ2v) is 6.34. The van der Waals surface area contributed by atoms with Crippen molar-refractivity contribution in [2.45, 2.75) is 13.3 Å². The molecule has 26 heavy (non-hydrogen) atoms. The number of hydrogen-bond acceptors (Lipinski definition) is 3. The van der Waals surface area contributed by atoms with Crippen LogP contribution in [0.5, 0.6) is 0 Å². The zero-order valence-electron chi connectivity index (χ0n) is 14.8. The first-order valence-electron chi connectivity index (χ1n) is 8.48. The molecular formula is C20H21N3O3. The Hall–Kier alpha value is -3.15. The van der Waals surface area contributed by atoms with Crippen LogP contribution in [0.3, 0.4) is 0 Å². The highest BCUT2D eigenvalue weighted by atomic mass is 16.2. The summed E-state index contributed by atoms with van der Waals surface area (Å²) in [5.41, 5.74) is 2.78. The molecule has 2 aromatic carbocycles. The van der Waals surface area contributed by atoms with Crippen LogP contribution in [0.2, 0.25) is 0 Å². The SMILES string of the molecule is CNC(=O)c1ccc(NC(=O)C2CC(=O)N(c3ccccc3)C2)c(C)c1. The fraction of sp³-hybridized carbons (Fsp3) is 0.250. The Bertz CT molecular complexity index is 849. The molecular weight excluding hydrogens is 330 g/mol. The minimum atomic E-state index is -0.402. The molecule has 3 amide bonds. The van der Waals surface area contributed by atoms with Crippen LogP contribution in [0.1, 0.15) is 22.3 Å². The number of amides is 3. The van der Waals surface area contributed by atoms with E-state index in [0.29, 0.717) is 17.8 Å². The van der Waals surface area contributed by atoms with Gasteiger partial charge in [0.15, 0.2) is 0 Å². The first-order valence-corrected chi connectivity index (χ1v) is 8.48. The van der Waals surface area contributed by atoms with Crippen LogP contribution < -0.4 is 15.5 Å². The van der Waals surface area contributed by atoms with Crippen molar-refractivity contribution in [2.75, 3.05) is 23.8 Å². The molecule has 1 unspecified atom stereocenters. The van der Waals surface area contributed by atoms with E-state index >= 15 is 0 Å². The summed E-state index contributed by atoms with van der Waals surface area (Å²) in [6.07, 6.45) is 0.191. The van der Waals surface area contributed by atoms with E-state index in [9.17, 15) is 14.4 Å². The molecule has 0 bridgehead atoms. The highest BCUT2D eigenvalue weighted by Crippen LogP contribution is 2.26. The molecule has 6 heteroatoms. The topological polar surface area (TPSA) is 78.5 Å². The number of nitrogens with zero attached hydrogens (tertiary/aromatic N) is 1. The molecule has 0 aliphatic carbocycles. The minimum Gasteiger partial charge on any atom is -0.355 e. The maximum absolute atomic E-state index is 12.6. The monoisotopic (exact) mass is 351 g/mol. The zero-order valence-corrected chi connectivity index (χ0v) is 14.8. The van der Waals surface area contributed by atoms with Crippen LogP contribution in [0, 0.1) is 12.8 Å². The first kappa shape index (κ1) is 17.7. The number of rotatable bonds is 4. The molecule has 1 aliphatic heterocycles. The summed E-state index contributed by atoms with van der Waals surface area (Å²) in [7, 11) is 1.57. The zero-order chi connectivity index (χ0) is 18.7. The van der Waals surface area contributed by atoms with Gasteiger partial charge in [-0.1, -0.05) is 18.2 Å². The van der Waals surface area contributed by atoms with Crippen molar-refractivity contribution in [1.82, 2.24) is 5.32 Å². The van der Waals surface area contributed by atoms with Gasteiger partial charge in [-0.25, -0.2) is 0 Å². The highest BCUT2D eigenvalue weighted by molar-refractivity contribution is 6.04. The average molecular weight is 351 g/mol. The Labute approximate surface area is 152 Å². The van der Waals surface area contributed by atoms with Crippen molar-refractivity contribution < 1.29 is 14.4 Å². The lowest BCUT2D eigenvalue weighted by Crippen LogP contribution is -2.28. The number of para-hydroxylation sites is 1. The van der Waals surface area contributed by atoms with E-state index < -0.39 is 5.92 Å². The lowest BCUT2D eigenvalue weighted by Gasteiger charge is -2.17. The van der Waals surface area contributed by atoms with E-state index in [0.717, 1.165) is 11.3 Å². The van der Waals surface area contributed by atoms with Gasteiger partial charge in [-0.05, 0) is 42.8 Å². The van der Waals surface area contributed by atoms with Crippen molar-refractivity contribution in [2.24, 2.45) is 5.92 Å². The molecule has 0 saturated carbocycles. The van der Waals surface area contributed by atoms with Gasteiger partial charge in [-0.2, -0.15) is 0 Å². The molecule has 0 aromatic heterocycles. The predicted molar refractivity (Wildman–Crippen MR) is 100 cm³/mol. The van der Waals surface area contributed by atoms with Crippen LogP contribution in [-0.4, -0.2) is 31.3 Å². The van der Waals surface area contributed by atoms with Gasteiger partial charge in [0.1, 0.15) is 0 Å². The van der Waals surface area contributed by atoms with Crippen LogP contribution in [0.25, 0.3) is 0 Å². The van der Waals surface area contributed by atoms with Crippen molar-refractivity contribution >= 4 is 29.1 Å². The first-order chi connectivity index (χ1) is 12.5. The van der Waals surface area contributed by atoms with Crippen LogP contribution in [0.4, 0.5) is 11.4 Å². The van der Waals surface area contributed by atoms with Crippen LogP contribution in [0.15, 0.2) is 48.5 Å². The number of carbonyl (C=O) groups excluding carboxylic acids is 3. The molecule has 1 saturated heterocycles. The summed E-state index contributed by atoms with van der Waals surface area (Å²) in [6.45, 7) is 2.20. The number of benzene rings is 2. The van der Waals surface area contributed by atoms with E-state index in [1.54, 1.807) is 30.1 Å². The smallest absolute Gasteiger partial charge is 0.251 e. The van der Waals surface area contributed by atoms with Gasteiger partial charge >= 0.3 is 0 Å². The number of anilines is 2. The molecule has 0 spiro atoms. The van der Waals surface area contributed by atoms with Crippen molar-refractivity contribution in [3.8, 4) is 0 Å². The van der Waals surface area contributed by atoms with Gasteiger partial charge in [0.05, 0.1) is 5.92 Å². The van der Waals surface area contributed by atoms with Gasteiger partial charge in [0.25, 0.3) is 5.91 Å². The normalized spacial score (nSPS) is 16.5. The third-order valence-electron chi connectivity index (χ3n) is 4.54. The Morgan fingerprint density at radius 3 is 2.50 bits per heavy atom. The largest absolute Gasteiger partial charge is 0.355 e. The Morgan fingerprint density at radius 1 is 1.12 bits per heavy atom. The molecule has 2 N–H and O–H groups in total. The number of carbonyl (C=O) groups is 3. The molecule has 134 valence electrons. The molecule has 0 radical (unpaired) electrons. The lowest BCUT2D eigenvalue weighted by molar-refractivity contribution is -0.122. The van der Waals surface area contributed by atoms with Crippen molar-refractivity contribution in [3.05, 3.63) is 59.7 Å². The van der Waals surface area contributed by atoms with Gasteiger partial charge in [-0.3, -0.25) is 14.4 Å². The second kappa shape index (κ2) is 7.39. The third-order valence-corrected chi connectivity index (χ3v) is 4.54. The Morgan fingerprint density at radius 2 is 1.85 bits per heavy atom. The third kappa shape index (κ3) is 3.59. The Balaban J connectivity index is 1.69. The van der Waals surface area contributed by atoms with Gasteiger partial charge in [0, 0.05) is 37.0 Å². The summed E-state index contributed by atoms with van der Waals surface area (Å²) in [6, 6.07) is 14.4. The lowest BCUT2D eigenvalue weighted by atomic mass is 10.1. The van der Waals surface area contributed by atoms with Gasteiger partial charge in [0.2, 0.25) is 11.8 Å². The van der Waals surface area contributed by atoms with Gasteiger partial charge in [-0.15, -0.1) is 0 Å². The summed E-state index contributed by atoms with van der Waals surface area (Å²) in [5.74, 6) is -0.817. The summed E-state index contributed by atoms with van der Waals surface area (Å²) in [4.78, 5) is 38.2. The van der Waals surface area contributed by atoms with Gasteiger partial charge < -0.3 is 15.5 Å². The van der Waals surface area contributed by atoms with E-state index in [1.807, 2.05) is 37.3 Å².